The van der Waals surface area contributed by atoms with Crippen LogP contribution in [-0.4, -0.2) is 4.98 Å². The summed E-state index contributed by atoms with van der Waals surface area (Å²) in [6.45, 7) is 2.19. The summed E-state index contributed by atoms with van der Waals surface area (Å²) in [6, 6.07) is 16.8. The average molecular weight is 259 g/mol. The normalized spacial score (nSPS) is 22.1. The Balaban J connectivity index is 1.94. The van der Waals surface area contributed by atoms with Gasteiger partial charge in [0.2, 0.25) is 0 Å². The average Bonchev–Trinajstić information content (AvgIpc) is 3.28. The second-order valence-corrected chi connectivity index (χ2v) is 5.58. The SMILES string of the molecule is Cc1c2c(nc3ccccc13)-c1ccccc1C1OC21. The molecule has 2 aromatic carbocycles. The van der Waals surface area contributed by atoms with Crippen molar-refractivity contribution in [3.63, 3.8) is 0 Å². The third kappa shape index (κ3) is 1.20. The number of aryl methyl sites for hydroxylation is 1. The molecule has 1 aliphatic carbocycles. The Kier molecular flexibility index (Phi) is 1.83. The Morgan fingerprint density at radius 3 is 2.70 bits per heavy atom. The van der Waals surface area contributed by atoms with E-state index in [1.54, 1.807) is 0 Å². The van der Waals surface area contributed by atoms with Crippen LogP contribution >= 0.6 is 0 Å². The first-order valence-electron chi connectivity index (χ1n) is 6.98. The van der Waals surface area contributed by atoms with Crippen molar-refractivity contribution in [1.82, 2.24) is 4.98 Å². The second kappa shape index (κ2) is 3.47. The van der Waals surface area contributed by atoms with Crippen LogP contribution in [0.5, 0.6) is 0 Å². The highest BCUT2D eigenvalue weighted by atomic mass is 16.6. The van der Waals surface area contributed by atoms with E-state index in [9.17, 15) is 0 Å². The Bertz CT molecular complexity index is 868. The van der Waals surface area contributed by atoms with Gasteiger partial charge in [-0.15, -0.1) is 0 Å². The number of ether oxygens (including phenoxy) is 1. The molecular weight excluding hydrogens is 246 g/mol. The molecule has 2 heterocycles. The molecule has 3 aromatic rings. The molecule has 2 aliphatic rings. The van der Waals surface area contributed by atoms with Crippen molar-refractivity contribution in [2.45, 2.75) is 19.1 Å². The molecule has 1 aromatic heterocycles. The predicted molar refractivity (Wildman–Crippen MR) is 78.5 cm³/mol. The van der Waals surface area contributed by atoms with Crippen molar-refractivity contribution in [2.24, 2.45) is 0 Å². The monoisotopic (exact) mass is 259 g/mol. The molecule has 5 rings (SSSR count). The van der Waals surface area contributed by atoms with E-state index in [4.69, 9.17) is 9.72 Å². The fourth-order valence-electron chi connectivity index (χ4n) is 3.47. The summed E-state index contributed by atoms with van der Waals surface area (Å²) in [5.74, 6) is 0. The lowest BCUT2D eigenvalue weighted by molar-refractivity contribution is 0.379. The summed E-state index contributed by atoms with van der Waals surface area (Å²) in [5, 5.41) is 1.24. The van der Waals surface area contributed by atoms with E-state index in [1.165, 1.54) is 27.6 Å². The lowest BCUT2D eigenvalue weighted by atomic mass is 9.86. The van der Waals surface area contributed by atoms with E-state index in [-0.39, 0.29) is 12.2 Å². The van der Waals surface area contributed by atoms with Gasteiger partial charge >= 0.3 is 0 Å². The molecule has 1 saturated heterocycles. The van der Waals surface area contributed by atoms with Crippen molar-refractivity contribution in [1.29, 1.82) is 0 Å². The van der Waals surface area contributed by atoms with Gasteiger partial charge in [0.15, 0.2) is 0 Å². The molecule has 20 heavy (non-hydrogen) atoms. The molecule has 0 N–H and O–H groups in total. The molecule has 0 radical (unpaired) electrons. The number of pyridine rings is 1. The fraction of sp³-hybridized carbons (Fsp3) is 0.167. The zero-order chi connectivity index (χ0) is 13.3. The summed E-state index contributed by atoms with van der Waals surface area (Å²) < 4.78 is 5.92. The molecule has 2 heteroatoms. The summed E-state index contributed by atoms with van der Waals surface area (Å²) in [6.07, 6.45) is 0.442. The van der Waals surface area contributed by atoms with Crippen molar-refractivity contribution in [3.8, 4) is 11.3 Å². The molecule has 1 fully saturated rings. The van der Waals surface area contributed by atoms with Crippen LogP contribution in [0.2, 0.25) is 0 Å². The van der Waals surface area contributed by atoms with Gasteiger partial charge in [-0.25, -0.2) is 4.98 Å². The number of epoxide rings is 1. The number of benzene rings is 2. The minimum absolute atomic E-state index is 0.206. The number of aromatic nitrogens is 1. The minimum Gasteiger partial charge on any atom is -0.359 e. The molecular formula is C18H13NO. The van der Waals surface area contributed by atoms with Crippen molar-refractivity contribution >= 4 is 10.9 Å². The maximum absolute atomic E-state index is 5.92. The van der Waals surface area contributed by atoms with Crippen LogP contribution in [0.3, 0.4) is 0 Å². The molecule has 1 aliphatic heterocycles. The van der Waals surface area contributed by atoms with Gasteiger partial charge in [-0.2, -0.15) is 0 Å². The van der Waals surface area contributed by atoms with E-state index in [0.29, 0.717) is 0 Å². The van der Waals surface area contributed by atoms with E-state index in [1.807, 2.05) is 6.07 Å². The predicted octanol–water partition coefficient (Wildman–Crippen LogP) is 4.34. The summed E-state index contributed by atoms with van der Waals surface area (Å²) >= 11 is 0. The minimum atomic E-state index is 0.206. The van der Waals surface area contributed by atoms with Crippen LogP contribution < -0.4 is 0 Å². The number of fused-ring (bicyclic) bond motifs is 7. The van der Waals surface area contributed by atoms with Gasteiger partial charge in [-0.05, 0) is 24.1 Å². The third-order valence-corrected chi connectivity index (χ3v) is 4.50. The summed E-state index contributed by atoms with van der Waals surface area (Å²) in [4.78, 5) is 4.92. The maximum Gasteiger partial charge on any atom is 0.116 e. The number of hydrogen-bond donors (Lipinski definition) is 0. The first-order valence-corrected chi connectivity index (χ1v) is 6.98. The number of hydrogen-bond acceptors (Lipinski definition) is 2. The Labute approximate surface area is 117 Å². The molecule has 0 spiro atoms. The van der Waals surface area contributed by atoms with Gasteiger partial charge in [0.05, 0.1) is 11.2 Å². The van der Waals surface area contributed by atoms with Gasteiger partial charge in [-0.1, -0.05) is 42.5 Å². The van der Waals surface area contributed by atoms with E-state index < -0.39 is 0 Å². The van der Waals surface area contributed by atoms with Crippen molar-refractivity contribution < 1.29 is 4.74 Å². The third-order valence-electron chi connectivity index (χ3n) is 4.50. The zero-order valence-electron chi connectivity index (χ0n) is 11.1. The topological polar surface area (TPSA) is 25.4 Å². The lowest BCUT2D eigenvalue weighted by Gasteiger charge is -2.18. The van der Waals surface area contributed by atoms with Crippen LogP contribution in [0.25, 0.3) is 22.2 Å². The van der Waals surface area contributed by atoms with Crippen molar-refractivity contribution in [3.05, 3.63) is 65.2 Å². The highest BCUT2D eigenvalue weighted by Crippen LogP contribution is 2.60. The van der Waals surface area contributed by atoms with Crippen LogP contribution in [0.15, 0.2) is 48.5 Å². The van der Waals surface area contributed by atoms with Gasteiger partial charge in [0.1, 0.15) is 12.2 Å². The molecule has 96 valence electrons. The van der Waals surface area contributed by atoms with Gasteiger partial charge in [0.25, 0.3) is 0 Å². The molecule has 0 saturated carbocycles. The highest BCUT2D eigenvalue weighted by Gasteiger charge is 2.48. The number of para-hydroxylation sites is 1. The highest BCUT2D eigenvalue weighted by molar-refractivity contribution is 5.89. The summed E-state index contributed by atoms with van der Waals surface area (Å²) in [7, 11) is 0. The number of nitrogens with zero attached hydrogens (tertiary/aromatic N) is 1. The molecule has 2 nitrogen and oxygen atoms in total. The first kappa shape index (κ1) is 10.6. The first-order chi connectivity index (χ1) is 9.84. The van der Waals surface area contributed by atoms with Crippen LogP contribution in [0.1, 0.15) is 28.9 Å². The largest absolute Gasteiger partial charge is 0.359 e. The van der Waals surface area contributed by atoms with Gasteiger partial charge in [-0.3, -0.25) is 0 Å². The Hall–Kier alpha value is -2.19. The molecule has 2 unspecified atom stereocenters. The van der Waals surface area contributed by atoms with Crippen LogP contribution in [0.4, 0.5) is 0 Å². The van der Waals surface area contributed by atoms with Crippen LogP contribution in [0, 0.1) is 6.92 Å². The van der Waals surface area contributed by atoms with Gasteiger partial charge in [0, 0.05) is 16.5 Å². The molecule has 0 bridgehead atoms. The fourth-order valence-corrected chi connectivity index (χ4v) is 3.47. The quantitative estimate of drug-likeness (QED) is 0.561. The van der Waals surface area contributed by atoms with E-state index in [2.05, 4.69) is 49.4 Å². The lowest BCUT2D eigenvalue weighted by Crippen LogP contribution is -2.04. The standard InChI is InChI=1S/C18H13NO/c1-10-11-6-4-5-9-14(11)19-16-12-7-2-3-8-13(12)17-18(20-17)15(10)16/h2-9,17-18H,1H3. The zero-order valence-corrected chi connectivity index (χ0v) is 11.1. The summed E-state index contributed by atoms with van der Waals surface area (Å²) in [5.41, 5.74) is 7.29. The van der Waals surface area contributed by atoms with Crippen molar-refractivity contribution in [2.75, 3.05) is 0 Å². The molecule has 0 amide bonds. The molecule has 2 atom stereocenters. The second-order valence-electron chi connectivity index (χ2n) is 5.58. The van der Waals surface area contributed by atoms with Gasteiger partial charge < -0.3 is 4.74 Å². The van der Waals surface area contributed by atoms with E-state index in [0.717, 1.165) is 11.2 Å². The Morgan fingerprint density at radius 1 is 0.950 bits per heavy atom. The van der Waals surface area contributed by atoms with Crippen LogP contribution in [-0.2, 0) is 4.74 Å². The number of rotatable bonds is 0. The maximum atomic E-state index is 5.92. The Morgan fingerprint density at radius 2 is 1.75 bits per heavy atom. The van der Waals surface area contributed by atoms with E-state index >= 15 is 0 Å². The smallest absolute Gasteiger partial charge is 0.116 e.